The van der Waals surface area contributed by atoms with Crippen LogP contribution in [-0.2, 0) is 6.54 Å². The van der Waals surface area contributed by atoms with E-state index in [0.29, 0.717) is 19.0 Å². The van der Waals surface area contributed by atoms with Crippen molar-refractivity contribution in [2.45, 2.75) is 6.54 Å². The summed E-state index contributed by atoms with van der Waals surface area (Å²) < 4.78 is 5.66. The second-order valence-corrected chi connectivity index (χ2v) is 6.26. The fourth-order valence-electron chi connectivity index (χ4n) is 2.09. The van der Waals surface area contributed by atoms with Crippen molar-refractivity contribution in [1.29, 1.82) is 0 Å². The van der Waals surface area contributed by atoms with Crippen LogP contribution in [0.25, 0.3) is 10.2 Å². The molecule has 0 aliphatic rings. The average Bonchev–Trinajstić information content (AvgIpc) is 3.02. The molecule has 0 unspecified atom stereocenters. The van der Waals surface area contributed by atoms with Crippen LogP contribution < -0.4 is 10.1 Å². The maximum absolute atomic E-state index is 5.66. The molecule has 23 heavy (non-hydrogen) atoms. The van der Waals surface area contributed by atoms with Crippen molar-refractivity contribution in [2.24, 2.45) is 0 Å². The van der Waals surface area contributed by atoms with E-state index in [4.69, 9.17) is 4.74 Å². The molecular weight excluding hydrogens is 310 g/mol. The van der Waals surface area contributed by atoms with Gasteiger partial charge in [0.2, 0.25) is 5.88 Å². The SMILES string of the molecule is CN(C)CCOc1cc(CNc2ncnc3sccc23)ccn1. The van der Waals surface area contributed by atoms with E-state index in [9.17, 15) is 0 Å². The van der Waals surface area contributed by atoms with Gasteiger partial charge in [0.1, 0.15) is 23.6 Å². The van der Waals surface area contributed by atoms with Crippen molar-refractivity contribution in [3.8, 4) is 5.88 Å². The summed E-state index contributed by atoms with van der Waals surface area (Å²) in [6.07, 6.45) is 3.35. The van der Waals surface area contributed by atoms with Crippen LogP contribution in [0.4, 0.5) is 5.82 Å². The Labute approximate surface area is 139 Å². The molecule has 0 aliphatic carbocycles. The van der Waals surface area contributed by atoms with Crippen LogP contribution in [0.3, 0.4) is 0 Å². The first-order valence-electron chi connectivity index (χ1n) is 7.37. The number of hydrogen-bond donors (Lipinski definition) is 1. The van der Waals surface area contributed by atoms with Gasteiger partial charge < -0.3 is 15.0 Å². The van der Waals surface area contributed by atoms with Gasteiger partial charge in [-0.05, 0) is 37.2 Å². The van der Waals surface area contributed by atoms with Crippen molar-refractivity contribution in [3.05, 3.63) is 41.7 Å². The molecule has 0 fully saturated rings. The Kier molecular flexibility index (Phi) is 4.99. The van der Waals surface area contributed by atoms with Crippen LogP contribution in [0.1, 0.15) is 5.56 Å². The number of likely N-dealkylation sites (N-methyl/N-ethyl adjacent to an activating group) is 1. The molecule has 0 bridgehead atoms. The van der Waals surface area contributed by atoms with Crippen molar-refractivity contribution in [1.82, 2.24) is 19.9 Å². The fraction of sp³-hybridized carbons (Fsp3) is 0.312. The molecule has 0 saturated carbocycles. The lowest BCUT2D eigenvalue weighted by atomic mass is 10.2. The van der Waals surface area contributed by atoms with E-state index >= 15 is 0 Å². The normalized spacial score (nSPS) is 11.1. The molecule has 120 valence electrons. The molecule has 0 aliphatic heterocycles. The third-order valence-electron chi connectivity index (χ3n) is 3.31. The lowest BCUT2D eigenvalue weighted by Gasteiger charge is -2.11. The number of anilines is 1. The Morgan fingerprint density at radius 3 is 3.00 bits per heavy atom. The summed E-state index contributed by atoms with van der Waals surface area (Å²) in [4.78, 5) is 15.9. The first kappa shape index (κ1) is 15.6. The van der Waals surface area contributed by atoms with Crippen molar-refractivity contribution in [3.63, 3.8) is 0 Å². The molecule has 0 aromatic carbocycles. The summed E-state index contributed by atoms with van der Waals surface area (Å²) >= 11 is 1.61. The molecule has 3 heterocycles. The maximum Gasteiger partial charge on any atom is 0.213 e. The first-order valence-corrected chi connectivity index (χ1v) is 8.25. The van der Waals surface area contributed by atoms with Gasteiger partial charge >= 0.3 is 0 Å². The lowest BCUT2D eigenvalue weighted by Crippen LogP contribution is -2.19. The number of ether oxygens (including phenoxy) is 1. The molecule has 3 aromatic heterocycles. The highest BCUT2D eigenvalue weighted by molar-refractivity contribution is 7.16. The second-order valence-electron chi connectivity index (χ2n) is 5.37. The van der Waals surface area contributed by atoms with E-state index in [1.54, 1.807) is 23.9 Å². The molecule has 3 aromatic rings. The number of hydrogen-bond acceptors (Lipinski definition) is 7. The number of aromatic nitrogens is 3. The Bertz CT molecular complexity index is 774. The van der Waals surface area contributed by atoms with Gasteiger partial charge in [0, 0.05) is 25.4 Å². The molecule has 0 spiro atoms. The Balaban J connectivity index is 1.63. The Hall–Kier alpha value is -2.25. The van der Waals surface area contributed by atoms with Crippen LogP contribution in [0.2, 0.25) is 0 Å². The van der Waals surface area contributed by atoms with Crippen LogP contribution in [0.15, 0.2) is 36.1 Å². The number of nitrogens with one attached hydrogen (secondary N) is 1. The van der Waals surface area contributed by atoms with Gasteiger partial charge in [0.25, 0.3) is 0 Å². The smallest absolute Gasteiger partial charge is 0.213 e. The number of nitrogens with zero attached hydrogens (tertiary/aromatic N) is 4. The third kappa shape index (κ3) is 4.14. The quantitative estimate of drug-likeness (QED) is 0.719. The number of rotatable bonds is 7. The number of fused-ring (bicyclic) bond motifs is 1. The number of thiophene rings is 1. The summed E-state index contributed by atoms with van der Waals surface area (Å²) in [5.74, 6) is 1.50. The Morgan fingerprint density at radius 1 is 1.22 bits per heavy atom. The highest BCUT2D eigenvalue weighted by Crippen LogP contribution is 2.24. The second kappa shape index (κ2) is 7.34. The van der Waals surface area contributed by atoms with Gasteiger partial charge in [0.05, 0.1) is 5.39 Å². The molecule has 0 saturated heterocycles. The molecule has 7 heteroatoms. The maximum atomic E-state index is 5.66. The summed E-state index contributed by atoms with van der Waals surface area (Å²) in [7, 11) is 4.04. The zero-order valence-corrected chi connectivity index (χ0v) is 14.0. The molecular formula is C16H19N5OS. The summed E-state index contributed by atoms with van der Waals surface area (Å²) in [5, 5.41) is 6.43. The molecule has 6 nitrogen and oxygen atoms in total. The zero-order valence-electron chi connectivity index (χ0n) is 13.2. The predicted molar refractivity (Wildman–Crippen MR) is 93.0 cm³/mol. The van der Waals surface area contributed by atoms with E-state index < -0.39 is 0 Å². The van der Waals surface area contributed by atoms with Gasteiger partial charge in [-0.3, -0.25) is 0 Å². The lowest BCUT2D eigenvalue weighted by molar-refractivity contribution is 0.253. The van der Waals surface area contributed by atoms with Crippen LogP contribution >= 0.6 is 11.3 Å². The van der Waals surface area contributed by atoms with Crippen molar-refractivity contribution in [2.75, 3.05) is 32.6 Å². The van der Waals surface area contributed by atoms with E-state index in [1.807, 2.05) is 37.7 Å². The summed E-state index contributed by atoms with van der Waals surface area (Å²) in [6, 6.07) is 5.96. The minimum absolute atomic E-state index is 0.623. The van der Waals surface area contributed by atoms with Crippen molar-refractivity contribution < 1.29 is 4.74 Å². The average molecular weight is 329 g/mol. The highest BCUT2D eigenvalue weighted by Gasteiger charge is 2.05. The van der Waals surface area contributed by atoms with E-state index in [0.717, 1.165) is 28.1 Å². The summed E-state index contributed by atoms with van der Waals surface area (Å²) in [6.45, 7) is 2.15. The monoisotopic (exact) mass is 329 g/mol. The minimum atomic E-state index is 0.623. The van der Waals surface area contributed by atoms with E-state index in [2.05, 4.69) is 25.2 Å². The molecule has 0 radical (unpaired) electrons. The molecule has 0 atom stereocenters. The number of pyridine rings is 1. The summed E-state index contributed by atoms with van der Waals surface area (Å²) in [5.41, 5.74) is 1.10. The minimum Gasteiger partial charge on any atom is -0.476 e. The zero-order chi connectivity index (χ0) is 16.1. The highest BCUT2D eigenvalue weighted by atomic mass is 32.1. The van der Waals surface area contributed by atoms with Gasteiger partial charge in [-0.25, -0.2) is 15.0 Å². The van der Waals surface area contributed by atoms with E-state index in [-0.39, 0.29) is 0 Å². The molecule has 3 rings (SSSR count). The first-order chi connectivity index (χ1) is 11.2. The third-order valence-corrected chi connectivity index (χ3v) is 4.13. The fourth-order valence-corrected chi connectivity index (χ4v) is 2.82. The molecule has 1 N–H and O–H groups in total. The largest absolute Gasteiger partial charge is 0.476 e. The Morgan fingerprint density at radius 2 is 2.13 bits per heavy atom. The predicted octanol–water partition coefficient (Wildman–Crippen LogP) is 2.64. The molecule has 0 amide bonds. The standard InChI is InChI=1S/C16H19N5OS/c1-21(2)6-7-22-14-9-12(3-5-17-14)10-18-15-13-4-8-23-16(13)20-11-19-15/h3-5,8-9,11H,6-7,10H2,1-2H3,(H,18,19,20). The van der Waals surface area contributed by atoms with Crippen molar-refractivity contribution >= 4 is 27.4 Å². The van der Waals surface area contributed by atoms with Gasteiger partial charge in [0.15, 0.2) is 0 Å². The van der Waals surface area contributed by atoms with Crippen LogP contribution in [0, 0.1) is 0 Å². The van der Waals surface area contributed by atoms with Crippen LogP contribution in [0.5, 0.6) is 5.88 Å². The van der Waals surface area contributed by atoms with Gasteiger partial charge in [-0.15, -0.1) is 11.3 Å². The topological polar surface area (TPSA) is 63.2 Å². The van der Waals surface area contributed by atoms with Gasteiger partial charge in [-0.2, -0.15) is 0 Å². The van der Waals surface area contributed by atoms with Crippen LogP contribution in [-0.4, -0.2) is 47.1 Å². The van der Waals surface area contributed by atoms with E-state index in [1.165, 1.54) is 0 Å². The van der Waals surface area contributed by atoms with Gasteiger partial charge in [-0.1, -0.05) is 0 Å².